The fourth-order valence-electron chi connectivity index (χ4n) is 2.46. The number of hydrogen-bond acceptors (Lipinski definition) is 3. The molecule has 0 spiro atoms. The van der Waals surface area contributed by atoms with Gasteiger partial charge < -0.3 is 10.4 Å². The monoisotopic (exact) mass is 332 g/mol. The summed E-state index contributed by atoms with van der Waals surface area (Å²) in [4.78, 5) is 2.27. The maximum Gasteiger partial charge on any atom is 0.0640 e. The number of nitrogens with zero attached hydrogens (tertiary/aromatic N) is 1. The third-order valence-electron chi connectivity index (χ3n) is 3.63. The largest absolute Gasteiger partial charge is 0.395 e. The van der Waals surface area contributed by atoms with Crippen molar-refractivity contribution in [2.24, 2.45) is 0 Å². The van der Waals surface area contributed by atoms with Crippen LogP contribution in [-0.4, -0.2) is 42.3 Å². The van der Waals surface area contributed by atoms with Crippen molar-refractivity contribution in [3.8, 4) is 0 Å². The number of aliphatic hydroxyl groups excluding tert-OH is 1. The summed E-state index contributed by atoms with van der Waals surface area (Å²) < 4.78 is 0. The predicted molar refractivity (Wildman–Crippen MR) is 91.3 cm³/mol. The van der Waals surface area contributed by atoms with E-state index in [9.17, 15) is 0 Å². The average molecular weight is 333 g/mol. The van der Waals surface area contributed by atoms with E-state index in [-0.39, 0.29) is 12.6 Å². The van der Waals surface area contributed by atoms with Crippen molar-refractivity contribution in [2.45, 2.75) is 39.3 Å². The highest BCUT2D eigenvalue weighted by Gasteiger charge is 2.17. The van der Waals surface area contributed by atoms with Crippen LogP contribution in [0.25, 0.3) is 0 Å². The zero-order valence-electron chi connectivity index (χ0n) is 13.1. The van der Waals surface area contributed by atoms with E-state index >= 15 is 0 Å². The van der Waals surface area contributed by atoms with Crippen LogP contribution < -0.4 is 5.32 Å². The van der Waals surface area contributed by atoms with E-state index in [2.05, 4.69) is 31.0 Å². The highest BCUT2D eigenvalue weighted by molar-refractivity contribution is 6.42. The van der Waals surface area contributed by atoms with Crippen molar-refractivity contribution in [2.75, 3.05) is 26.2 Å². The minimum atomic E-state index is 0.168. The summed E-state index contributed by atoms with van der Waals surface area (Å²) in [5.41, 5.74) is 1.04. The summed E-state index contributed by atoms with van der Waals surface area (Å²) >= 11 is 12.5. The molecule has 21 heavy (non-hydrogen) atoms. The highest BCUT2D eigenvalue weighted by Crippen LogP contribution is 2.31. The number of hydrogen-bond donors (Lipinski definition) is 2. The van der Waals surface area contributed by atoms with Crippen LogP contribution in [0.15, 0.2) is 18.2 Å². The number of halogens is 2. The number of aliphatic hydroxyl groups is 1. The predicted octanol–water partition coefficient (Wildman–Crippen LogP) is 3.74. The van der Waals surface area contributed by atoms with Crippen molar-refractivity contribution in [3.05, 3.63) is 33.8 Å². The second kappa shape index (κ2) is 9.65. The normalized spacial score (nSPS) is 13.1. The molecule has 0 aromatic heterocycles. The van der Waals surface area contributed by atoms with E-state index in [4.69, 9.17) is 28.3 Å². The Morgan fingerprint density at radius 2 is 1.95 bits per heavy atom. The molecule has 2 N–H and O–H groups in total. The van der Waals surface area contributed by atoms with Gasteiger partial charge in [-0.05, 0) is 38.4 Å². The van der Waals surface area contributed by atoms with Crippen molar-refractivity contribution in [1.29, 1.82) is 0 Å². The van der Waals surface area contributed by atoms with Crippen LogP contribution in [0.1, 0.15) is 38.8 Å². The minimum Gasteiger partial charge on any atom is -0.395 e. The van der Waals surface area contributed by atoms with E-state index in [1.165, 1.54) is 0 Å². The molecule has 5 heteroatoms. The molecule has 0 saturated heterocycles. The van der Waals surface area contributed by atoms with E-state index < -0.39 is 0 Å². The molecule has 1 rings (SSSR count). The summed E-state index contributed by atoms with van der Waals surface area (Å²) in [5, 5.41) is 13.8. The lowest BCUT2D eigenvalue weighted by molar-refractivity contribution is 0.159. The Kier molecular flexibility index (Phi) is 8.60. The molecule has 0 amide bonds. The van der Waals surface area contributed by atoms with Crippen LogP contribution >= 0.6 is 23.2 Å². The van der Waals surface area contributed by atoms with E-state index in [1.54, 1.807) is 0 Å². The molecule has 0 aliphatic heterocycles. The Morgan fingerprint density at radius 1 is 1.24 bits per heavy atom. The van der Waals surface area contributed by atoms with Crippen molar-refractivity contribution in [1.82, 2.24) is 10.2 Å². The van der Waals surface area contributed by atoms with E-state index in [1.807, 2.05) is 18.2 Å². The average Bonchev–Trinajstić information content (AvgIpc) is 2.45. The third kappa shape index (κ3) is 5.76. The first-order valence-electron chi connectivity index (χ1n) is 7.53. The Bertz CT molecular complexity index is 427. The molecule has 0 radical (unpaired) electrons. The minimum absolute atomic E-state index is 0.168. The first-order valence-corrected chi connectivity index (χ1v) is 8.29. The summed E-state index contributed by atoms with van der Waals surface area (Å²) in [7, 11) is 0. The molecule has 0 saturated carbocycles. The van der Waals surface area contributed by atoms with Gasteiger partial charge in [-0.25, -0.2) is 0 Å². The second-order valence-corrected chi connectivity index (χ2v) is 6.18. The van der Waals surface area contributed by atoms with Crippen molar-refractivity contribution >= 4 is 23.2 Å². The molecule has 0 aliphatic rings. The molecule has 1 aromatic rings. The van der Waals surface area contributed by atoms with Crippen LogP contribution in [0, 0.1) is 0 Å². The van der Waals surface area contributed by atoms with Gasteiger partial charge in [-0.2, -0.15) is 0 Å². The fraction of sp³-hybridized carbons (Fsp3) is 0.625. The fourth-order valence-corrected chi connectivity index (χ4v) is 2.89. The lowest BCUT2D eigenvalue weighted by Crippen LogP contribution is -2.36. The Labute approximate surface area is 138 Å². The number of nitrogens with one attached hydrogen (secondary N) is 1. The zero-order valence-corrected chi connectivity index (χ0v) is 14.6. The van der Waals surface area contributed by atoms with Gasteiger partial charge in [0, 0.05) is 25.2 Å². The van der Waals surface area contributed by atoms with Gasteiger partial charge in [0.1, 0.15) is 0 Å². The Balaban J connectivity index is 2.80. The van der Waals surface area contributed by atoms with Crippen molar-refractivity contribution in [3.63, 3.8) is 0 Å². The maximum atomic E-state index is 9.16. The molecular formula is C16H26Cl2N2O. The van der Waals surface area contributed by atoms with Gasteiger partial charge in [-0.1, -0.05) is 42.3 Å². The standard InChI is InChI=1S/C16H26Cl2N2O/c1-4-19-15(8-9-20(10-11-21)12(2)3)13-6-5-7-14(17)16(13)18/h5-7,12,15,19,21H,4,8-11H2,1-3H3. The second-order valence-electron chi connectivity index (χ2n) is 5.40. The van der Waals surface area contributed by atoms with Crippen LogP contribution in [0.2, 0.25) is 10.0 Å². The highest BCUT2D eigenvalue weighted by atomic mass is 35.5. The van der Waals surface area contributed by atoms with Crippen LogP contribution in [0.3, 0.4) is 0 Å². The lowest BCUT2D eigenvalue weighted by Gasteiger charge is -2.28. The first-order chi connectivity index (χ1) is 10.0. The van der Waals surface area contributed by atoms with Gasteiger partial charge in [-0.3, -0.25) is 4.90 Å². The van der Waals surface area contributed by atoms with Gasteiger partial charge in [0.05, 0.1) is 16.7 Å². The Hall–Kier alpha value is -0.320. The smallest absolute Gasteiger partial charge is 0.0640 e. The molecule has 120 valence electrons. The van der Waals surface area contributed by atoms with Gasteiger partial charge in [0.15, 0.2) is 0 Å². The number of rotatable bonds is 9. The molecule has 0 heterocycles. The third-order valence-corrected chi connectivity index (χ3v) is 4.46. The first kappa shape index (κ1) is 18.7. The molecule has 3 nitrogen and oxygen atoms in total. The molecule has 0 fully saturated rings. The molecule has 0 bridgehead atoms. The van der Waals surface area contributed by atoms with Crippen LogP contribution in [0.4, 0.5) is 0 Å². The Morgan fingerprint density at radius 3 is 2.52 bits per heavy atom. The molecule has 1 aromatic carbocycles. The summed E-state index contributed by atoms with van der Waals surface area (Å²) in [6.45, 7) is 9.02. The molecule has 1 unspecified atom stereocenters. The SMILES string of the molecule is CCNC(CCN(CCO)C(C)C)c1cccc(Cl)c1Cl. The van der Waals surface area contributed by atoms with E-state index in [0.29, 0.717) is 22.6 Å². The van der Waals surface area contributed by atoms with Crippen LogP contribution in [0.5, 0.6) is 0 Å². The van der Waals surface area contributed by atoms with Crippen LogP contribution in [-0.2, 0) is 0 Å². The summed E-state index contributed by atoms with van der Waals surface area (Å²) in [6, 6.07) is 6.34. The molecular weight excluding hydrogens is 307 g/mol. The number of benzene rings is 1. The van der Waals surface area contributed by atoms with Gasteiger partial charge in [-0.15, -0.1) is 0 Å². The van der Waals surface area contributed by atoms with Gasteiger partial charge >= 0.3 is 0 Å². The quantitative estimate of drug-likeness (QED) is 0.723. The van der Waals surface area contributed by atoms with E-state index in [0.717, 1.165) is 25.1 Å². The summed E-state index contributed by atoms with van der Waals surface area (Å²) in [5.74, 6) is 0. The van der Waals surface area contributed by atoms with Gasteiger partial charge in [0.2, 0.25) is 0 Å². The van der Waals surface area contributed by atoms with Crippen molar-refractivity contribution < 1.29 is 5.11 Å². The van der Waals surface area contributed by atoms with Gasteiger partial charge in [0.25, 0.3) is 0 Å². The summed E-state index contributed by atoms with van der Waals surface area (Å²) in [6.07, 6.45) is 0.923. The maximum absolute atomic E-state index is 9.16. The lowest BCUT2D eigenvalue weighted by atomic mass is 10.0. The molecule has 1 atom stereocenters. The topological polar surface area (TPSA) is 35.5 Å². The molecule has 0 aliphatic carbocycles. The zero-order chi connectivity index (χ0) is 15.8.